The molecule has 384 valence electrons. The normalized spacial score (nSPS) is 13.5. The lowest BCUT2D eigenvalue weighted by molar-refractivity contribution is -0.137. The Labute approximate surface area is 421 Å². The average Bonchev–Trinajstić information content (AvgIpc) is 4.07. The molecule has 0 saturated carbocycles. The maximum atomic E-state index is 13.5. The van der Waals surface area contributed by atoms with Gasteiger partial charge in [0, 0.05) is 73.6 Å². The highest BCUT2D eigenvalue weighted by Gasteiger charge is 2.34. The molecule has 2 atom stereocenters. The van der Waals surface area contributed by atoms with Gasteiger partial charge in [-0.1, -0.05) is 46.8 Å². The number of fused-ring (bicyclic) bond motifs is 6. The molecule has 0 spiro atoms. The number of hydrogen-bond acceptors (Lipinski definition) is 10. The Kier molecular flexibility index (Phi) is 13.4. The first kappa shape index (κ1) is 51.3. The molecule has 74 heavy (non-hydrogen) atoms. The first-order chi connectivity index (χ1) is 34.9. The van der Waals surface area contributed by atoms with Crippen LogP contribution in [0.3, 0.4) is 0 Å². The molecule has 0 amide bonds. The fraction of sp³-hybridized carbons (Fsp3) is 0.333. The number of aryl methyl sites for hydroxylation is 4. The van der Waals surface area contributed by atoms with Gasteiger partial charge in [0.25, 0.3) is 0 Å². The standard InChI is InChI=1S/2C27H27F3N6O/c2*1-16-25(35(4)34-33-16)17-13-23-24(32-15-17)19-9-8-18(26(2,3)37)14-22(19)36(23)21(10-11-27(28,29)30)20-7-5-6-12-31-20/h2*5-9,12-15,21,37H,10-11H2,1-4H3. The van der Waals surface area contributed by atoms with Crippen LogP contribution in [-0.4, -0.2) is 81.6 Å². The van der Waals surface area contributed by atoms with Crippen molar-refractivity contribution in [2.45, 2.75) is 103 Å². The van der Waals surface area contributed by atoms with Crippen molar-refractivity contribution >= 4 is 43.9 Å². The second-order valence-electron chi connectivity index (χ2n) is 19.6. The van der Waals surface area contributed by atoms with Crippen molar-refractivity contribution in [3.05, 3.63) is 144 Å². The van der Waals surface area contributed by atoms with Gasteiger partial charge in [-0.15, -0.1) is 10.2 Å². The topological polar surface area (TPSA) is 163 Å². The Bertz CT molecular complexity index is 3360. The zero-order chi connectivity index (χ0) is 53.1. The monoisotopic (exact) mass is 1020 g/mol. The molecule has 10 rings (SSSR count). The van der Waals surface area contributed by atoms with Crippen molar-refractivity contribution in [3.63, 3.8) is 0 Å². The molecule has 0 aliphatic rings. The predicted molar refractivity (Wildman–Crippen MR) is 270 cm³/mol. The third-order valence-electron chi connectivity index (χ3n) is 13.3. The van der Waals surface area contributed by atoms with E-state index < -0.39 is 48.5 Å². The Morgan fingerprint density at radius 1 is 0.514 bits per heavy atom. The highest BCUT2D eigenvalue weighted by Crippen LogP contribution is 2.42. The van der Waals surface area contributed by atoms with E-state index in [4.69, 9.17) is 9.97 Å². The van der Waals surface area contributed by atoms with E-state index in [9.17, 15) is 36.6 Å². The molecule has 14 nitrogen and oxygen atoms in total. The van der Waals surface area contributed by atoms with Crippen LogP contribution in [0.2, 0.25) is 0 Å². The Morgan fingerprint density at radius 3 is 1.22 bits per heavy atom. The molecule has 0 fully saturated rings. The number of rotatable bonds is 12. The largest absolute Gasteiger partial charge is 0.389 e. The number of aliphatic hydroxyl groups is 2. The van der Waals surface area contributed by atoms with E-state index in [0.717, 1.165) is 33.3 Å². The smallest absolute Gasteiger partial charge is 0.386 e. The van der Waals surface area contributed by atoms with Crippen LogP contribution in [0.1, 0.15) is 99.4 Å². The van der Waals surface area contributed by atoms with Gasteiger partial charge in [0.2, 0.25) is 0 Å². The van der Waals surface area contributed by atoms with Crippen molar-refractivity contribution < 1.29 is 36.6 Å². The van der Waals surface area contributed by atoms with Crippen LogP contribution in [0.4, 0.5) is 26.3 Å². The maximum absolute atomic E-state index is 13.5. The summed E-state index contributed by atoms with van der Waals surface area (Å²) in [5, 5.41) is 39.4. The van der Waals surface area contributed by atoms with Crippen LogP contribution in [0.15, 0.2) is 110 Å². The third-order valence-corrected chi connectivity index (χ3v) is 13.3. The lowest BCUT2D eigenvalue weighted by Crippen LogP contribution is -2.18. The van der Waals surface area contributed by atoms with Crippen molar-refractivity contribution in [1.29, 1.82) is 0 Å². The number of benzene rings is 2. The summed E-state index contributed by atoms with van der Waals surface area (Å²) >= 11 is 0. The quantitative estimate of drug-likeness (QED) is 0.113. The summed E-state index contributed by atoms with van der Waals surface area (Å²) in [4.78, 5) is 18.4. The Morgan fingerprint density at radius 2 is 0.905 bits per heavy atom. The third kappa shape index (κ3) is 10.3. The average molecular weight is 1020 g/mol. The van der Waals surface area contributed by atoms with Crippen LogP contribution >= 0.6 is 0 Å². The molecular formula is C54H54F6N12O2. The second kappa shape index (κ2) is 19.4. The summed E-state index contributed by atoms with van der Waals surface area (Å²) in [6.07, 6.45) is -4.39. The number of pyridine rings is 4. The van der Waals surface area contributed by atoms with Crippen LogP contribution < -0.4 is 0 Å². The summed E-state index contributed by atoms with van der Waals surface area (Å²) in [5.41, 5.74) is 8.51. The van der Waals surface area contributed by atoms with Crippen LogP contribution in [0, 0.1) is 13.8 Å². The molecule has 0 bridgehead atoms. The second-order valence-corrected chi connectivity index (χ2v) is 19.6. The summed E-state index contributed by atoms with van der Waals surface area (Å²) in [5.74, 6) is 0. The zero-order valence-corrected chi connectivity index (χ0v) is 41.9. The molecule has 8 heterocycles. The van der Waals surface area contributed by atoms with Crippen molar-refractivity contribution in [1.82, 2.24) is 59.1 Å². The number of halogens is 6. The molecule has 0 saturated heterocycles. The summed E-state index contributed by atoms with van der Waals surface area (Å²) < 4.78 is 87.9. The summed E-state index contributed by atoms with van der Waals surface area (Å²) in [7, 11) is 3.56. The maximum Gasteiger partial charge on any atom is 0.389 e. The molecule has 10 aromatic rings. The van der Waals surface area contributed by atoms with Gasteiger partial charge in [0.05, 0.1) is 90.5 Å². The molecule has 0 radical (unpaired) electrons. The van der Waals surface area contributed by atoms with Crippen LogP contribution in [0.5, 0.6) is 0 Å². The molecule has 2 N–H and O–H groups in total. The fourth-order valence-electron chi connectivity index (χ4n) is 9.78. The summed E-state index contributed by atoms with van der Waals surface area (Å²) in [6.45, 7) is 10.4. The van der Waals surface area contributed by atoms with E-state index in [1.807, 2.05) is 71.5 Å². The minimum atomic E-state index is -4.33. The first-order valence-electron chi connectivity index (χ1n) is 23.9. The first-order valence-corrected chi connectivity index (χ1v) is 23.9. The van der Waals surface area contributed by atoms with Gasteiger partial charge in [-0.05, 0) is 114 Å². The fourth-order valence-corrected chi connectivity index (χ4v) is 9.78. The van der Waals surface area contributed by atoms with Gasteiger partial charge >= 0.3 is 12.4 Å². The minimum Gasteiger partial charge on any atom is -0.386 e. The SMILES string of the molecule is Cc1nnn(C)c1-c1cnc2c3ccc(C(C)(C)O)cc3n(C(CCC(F)(F)F)c3ccccn3)c2c1.Cc1nnn(C)c1-c1cnc2c3ccc(C(C)(C)O)cc3n(C(CCC(F)(F)F)c3ccccn3)c2c1. The Hall–Kier alpha value is -7.58. The molecular weight excluding hydrogens is 963 g/mol. The highest BCUT2D eigenvalue weighted by atomic mass is 19.4. The van der Waals surface area contributed by atoms with Gasteiger partial charge in [0.1, 0.15) is 0 Å². The van der Waals surface area contributed by atoms with Gasteiger partial charge in [-0.2, -0.15) is 26.3 Å². The predicted octanol–water partition coefficient (Wildman–Crippen LogP) is 11.7. The van der Waals surface area contributed by atoms with E-state index in [-0.39, 0.29) is 12.8 Å². The molecule has 20 heteroatoms. The lowest BCUT2D eigenvalue weighted by atomic mass is 9.97. The Balaban J connectivity index is 0.000000182. The van der Waals surface area contributed by atoms with Crippen molar-refractivity contribution in [3.8, 4) is 22.5 Å². The van der Waals surface area contributed by atoms with Gasteiger partial charge < -0.3 is 19.3 Å². The van der Waals surface area contributed by atoms with Crippen molar-refractivity contribution in [2.75, 3.05) is 0 Å². The van der Waals surface area contributed by atoms with E-state index in [2.05, 4.69) is 30.6 Å². The number of nitrogens with zero attached hydrogens (tertiary/aromatic N) is 12. The number of aromatic nitrogens is 12. The van der Waals surface area contributed by atoms with Crippen LogP contribution in [0.25, 0.3) is 66.4 Å². The number of hydrogen-bond donors (Lipinski definition) is 2. The molecule has 8 aromatic heterocycles. The minimum absolute atomic E-state index is 0.206. The van der Waals surface area contributed by atoms with Gasteiger partial charge in [-0.3, -0.25) is 19.9 Å². The summed E-state index contributed by atoms with van der Waals surface area (Å²) in [6, 6.07) is 23.9. The molecule has 0 aliphatic carbocycles. The molecule has 2 aromatic carbocycles. The molecule has 2 unspecified atom stereocenters. The molecule has 0 aliphatic heterocycles. The van der Waals surface area contributed by atoms with Gasteiger partial charge in [0.15, 0.2) is 0 Å². The highest BCUT2D eigenvalue weighted by molar-refractivity contribution is 6.08. The zero-order valence-electron chi connectivity index (χ0n) is 41.9. The number of alkyl halides is 6. The van der Waals surface area contributed by atoms with Gasteiger partial charge in [-0.25, -0.2) is 9.36 Å². The van der Waals surface area contributed by atoms with E-state index in [0.29, 0.717) is 67.0 Å². The van der Waals surface area contributed by atoms with Crippen molar-refractivity contribution in [2.24, 2.45) is 14.1 Å². The van der Waals surface area contributed by atoms with E-state index in [1.54, 1.807) is 112 Å². The van der Waals surface area contributed by atoms with E-state index in [1.165, 1.54) is 0 Å². The van der Waals surface area contributed by atoms with E-state index >= 15 is 0 Å². The lowest BCUT2D eigenvalue weighted by Gasteiger charge is -2.23. The van der Waals surface area contributed by atoms with Crippen LogP contribution in [-0.2, 0) is 25.3 Å².